The number of hydrogen-bond acceptors (Lipinski definition) is 3. The van der Waals surface area contributed by atoms with Gasteiger partial charge < -0.3 is 15.2 Å². The number of aryl methyl sites for hydroxylation is 1. The van der Waals surface area contributed by atoms with Crippen molar-refractivity contribution in [2.24, 2.45) is 5.73 Å². The minimum absolute atomic E-state index is 0.516. The average molecular weight is 235 g/mol. The van der Waals surface area contributed by atoms with Crippen molar-refractivity contribution in [1.29, 1.82) is 0 Å². The Morgan fingerprint density at radius 2 is 1.88 bits per heavy atom. The van der Waals surface area contributed by atoms with Crippen molar-refractivity contribution in [2.75, 3.05) is 20.8 Å². The van der Waals surface area contributed by atoms with Gasteiger partial charge in [-0.15, -0.1) is 0 Å². The third kappa shape index (κ3) is 3.49. The van der Waals surface area contributed by atoms with E-state index in [1.54, 1.807) is 14.2 Å². The molecule has 0 radical (unpaired) electrons. The molecule has 1 aromatic rings. The summed E-state index contributed by atoms with van der Waals surface area (Å²) in [6.45, 7) is 2.66. The fourth-order valence-electron chi connectivity index (χ4n) is 1.77. The lowest BCUT2D eigenvalue weighted by Gasteiger charge is -2.12. The first-order valence-electron chi connectivity index (χ1n) is 5.88. The van der Waals surface area contributed by atoms with Crippen LogP contribution in [-0.2, 0) is 6.42 Å². The molecule has 3 nitrogen and oxygen atoms in total. The van der Waals surface area contributed by atoms with E-state index in [-0.39, 0.29) is 0 Å². The fourth-order valence-corrected chi connectivity index (χ4v) is 1.77. The summed E-state index contributed by atoms with van der Waals surface area (Å²) in [5.41, 5.74) is 7.63. The Hall–Kier alpha value is -1.48. The number of ether oxygens (including phenoxy) is 2. The summed E-state index contributed by atoms with van der Waals surface area (Å²) in [5, 5.41) is 0. The highest BCUT2D eigenvalue weighted by Crippen LogP contribution is 2.30. The zero-order valence-corrected chi connectivity index (χ0v) is 10.8. The molecule has 0 saturated heterocycles. The smallest absolute Gasteiger partial charge is 0.126 e. The molecule has 0 saturated carbocycles. The topological polar surface area (TPSA) is 44.5 Å². The quantitative estimate of drug-likeness (QED) is 0.824. The molecule has 0 unspecified atom stereocenters. The molecule has 1 rings (SSSR count). The van der Waals surface area contributed by atoms with Gasteiger partial charge >= 0.3 is 0 Å². The van der Waals surface area contributed by atoms with E-state index in [9.17, 15) is 0 Å². The van der Waals surface area contributed by atoms with Crippen LogP contribution in [0.4, 0.5) is 0 Å². The van der Waals surface area contributed by atoms with Crippen LogP contribution in [0.25, 0.3) is 6.08 Å². The number of methoxy groups -OCH3 is 2. The Morgan fingerprint density at radius 3 is 2.41 bits per heavy atom. The molecule has 0 aromatic heterocycles. The van der Waals surface area contributed by atoms with Crippen molar-refractivity contribution >= 4 is 6.08 Å². The van der Waals surface area contributed by atoms with Crippen LogP contribution in [0.3, 0.4) is 0 Å². The van der Waals surface area contributed by atoms with E-state index in [1.165, 1.54) is 5.56 Å². The highest BCUT2D eigenvalue weighted by molar-refractivity contribution is 5.61. The van der Waals surface area contributed by atoms with Gasteiger partial charge in [0.2, 0.25) is 0 Å². The maximum atomic E-state index is 5.46. The molecule has 94 valence electrons. The second-order valence-corrected chi connectivity index (χ2v) is 3.79. The van der Waals surface area contributed by atoms with Gasteiger partial charge in [-0.2, -0.15) is 0 Å². The van der Waals surface area contributed by atoms with Crippen LogP contribution in [0.5, 0.6) is 11.5 Å². The first-order valence-corrected chi connectivity index (χ1v) is 5.88. The van der Waals surface area contributed by atoms with Crippen LogP contribution in [-0.4, -0.2) is 20.8 Å². The highest BCUT2D eigenvalue weighted by Gasteiger charge is 2.08. The van der Waals surface area contributed by atoms with E-state index < -0.39 is 0 Å². The molecule has 2 N–H and O–H groups in total. The monoisotopic (exact) mass is 235 g/mol. The molecule has 0 aliphatic heterocycles. The van der Waals surface area contributed by atoms with Gasteiger partial charge in [0.25, 0.3) is 0 Å². The Kier molecular flexibility index (Phi) is 5.57. The highest BCUT2D eigenvalue weighted by atomic mass is 16.5. The van der Waals surface area contributed by atoms with Crippen LogP contribution >= 0.6 is 0 Å². The van der Waals surface area contributed by atoms with Gasteiger partial charge in [-0.05, 0) is 24.1 Å². The standard InChI is InChI=1S/C14H21NO2/c1-4-6-11-9-14(17-3)12(7-5-8-15)10-13(11)16-2/h5,7,9-10H,4,6,8,15H2,1-3H3/b7-5+. The van der Waals surface area contributed by atoms with Crippen molar-refractivity contribution in [1.82, 2.24) is 0 Å². The van der Waals surface area contributed by atoms with Gasteiger partial charge in [-0.25, -0.2) is 0 Å². The van der Waals surface area contributed by atoms with Crippen molar-refractivity contribution in [3.8, 4) is 11.5 Å². The van der Waals surface area contributed by atoms with E-state index in [1.807, 2.05) is 24.3 Å². The Bertz CT molecular complexity index is 386. The van der Waals surface area contributed by atoms with E-state index in [0.29, 0.717) is 6.54 Å². The van der Waals surface area contributed by atoms with E-state index >= 15 is 0 Å². The molecule has 0 spiro atoms. The summed E-state index contributed by atoms with van der Waals surface area (Å²) in [5.74, 6) is 1.77. The minimum atomic E-state index is 0.516. The molecule has 17 heavy (non-hydrogen) atoms. The zero-order chi connectivity index (χ0) is 12.7. The first kappa shape index (κ1) is 13.6. The van der Waals surface area contributed by atoms with Crippen LogP contribution in [0.15, 0.2) is 18.2 Å². The van der Waals surface area contributed by atoms with Crippen LogP contribution in [0.2, 0.25) is 0 Å². The third-order valence-corrected chi connectivity index (χ3v) is 2.59. The lowest BCUT2D eigenvalue weighted by atomic mass is 10.0. The minimum Gasteiger partial charge on any atom is -0.496 e. The van der Waals surface area contributed by atoms with Crippen molar-refractivity contribution in [3.05, 3.63) is 29.3 Å². The lowest BCUT2D eigenvalue weighted by molar-refractivity contribution is 0.398. The first-order chi connectivity index (χ1) is 8.26. The van der Waals surface area contributed by atoms with E-state index in [0.717, 1.165) is 29.9 Å². The average Bonchev–Trinajstić information content (AvgIpc) is 2.36. The molecule has 1 aromatic carbocycles. The molecule has 0 amide bonds. The van der Waals surface area contributed by atoms with Crippen LogP contribution < -0.4 is 15.2 Å². The van der Waals surface area contributed by atoms with E-state index in [4.69, 9.17) is 15.2 Å². The van der Waals surface area contributed by atoms with Gasteiger partial charge in [0, 0.05) is 12.1 Å². The summed E-state index contributed by atoms with van der Waals surface area (Å²) < 4.78 is 10.8. The molecule has 0 bridgehead atoms. The molecular formula is C14H21NO2. The predicted molar refractivity (Wildman–Crippen MR) is 71.6 cm³/mol. The van der Waals surface area contributed by atoms with E-state index in [2.05, 4.69) is 6.92 Å². The lowest BCUT2D eigenvalue weighted by Crippen LogP contribution is -1.97. The predicted octanol–water partition coefficient (Wildman–Crippen LogP) is 2.63. The number of rotatable bonds is 6. The fraction of sp³-hybridized carbons (Fsp3) is 0.429. The summed E-state index contributed by atoms with van der Waals surface area (Å²) in [6, 6.07) is 4.04. The number of hydrogen-bond donors (Lipinski definition) is 1. The second kappa shape index (κ2) is 6.97. The maximum Gasteiger partial charge on any atom is 0.126 e. The Balaban J connectivity index is 3.17. The van der Waals surface area contributed by atoms with Gasteiger partial charge in [0.15, 0.2) is 0 Å². The molecule has 0 fully saturated rings. The van der Waals surface area contributed by atoms with Gasteiger partial charge in [0.1, 0.15) is 11.5 Å². The largest absolute Gasteiger partial charge is 0.496 e. The molecule has 0 aliphatic rings. The summed E-state index contributed by atoms with van der Waals surface area (Å²) >= 11 is 0. The Labute approximate surface area is 103 Å². The van der Waals surface area contributed by atoms with Crippen molar-refractivity contribution in [3.63, 3.8) is 0 Å². The molecule has 3 heteroatoms. The summed E-state index contributed by atoms with van der Waals surface area (Å²) in [6.07, 6.45) is 5.92. The summed E-state index contributed by atoms with van der Waals surface area (Å²) in [7, 11) is 3.37. The number of benzene rings is 1. The second-order valence-electron chi connectivity index (χ2n) is 3.79. The summed E-state index contributed by atoms with van der Waals surface area (Å²) in [4.78, 5) is 0. The Morgan fingerprint density at radius 1 is 1.18 bits per heavy atom. The van der Waals surface area contributed by atoms with Crippen LogP contribution in [0.1, 0.15) is 24.5 Å². The molecule has 0 heterocycles. The van der Waals surface area contributed by atoms with Crippen molar-refractivity contribution in [2.45, 2.75) is 19.8 Å². The van der Waals surface area contributed by atoms with Crippen LogP contribution in [0, 0.1) is 0 Å². The van der Waals surface area contributed by atoms with Gasteiger partial charge in [-0.3, -0.25) is 0 Å². The SMILES string of the molecule is CCCc1cc(OC)c(/C=C/CN)cc1OC. The third-order valence-electron chi connectivity index (χ3n) is 2.59. The molecule has 0 aliphatic carbocycles. The number of nitrogens with two attached hydrogens (primary N) is 1. The molecule has 0 atom stereocenters. The zero-order valence-electron chi connectivity index (χ0n) is 10.8. The normalized spacial score (nSPS) is 10.8. The van der Waals surface area contributed by atoms with Crippen molar-refractivity contribution < 1.29 is 9.47 Å². The molecular weight excluding hydrogens is 214 g/mol. The maximum absolute atomic E-state index is 5.46. The van der Waals surface area contributed by atoms with Gasteiger partial charge in [-0.1, -0.05) is 25.5 Å². The van der Waals surface area contributed by atoms with Gasteiger partial charge in [0.05, 0.1) is 14.2 Å².